The maximum absolute atomic E-state index is 2.60. The summed E-state index contributed by atoms with van der Waals surface area (Å²) in [7, 11) is -1.56. The molecule has 2 aromatic carbocycles. The Morgan fingerprint density at radius 1 is 0.714 bits per heavy atom. The summed E-state index contributed by atoms with van der Waals surface area (Å²) in [6, 6.07) is 25.6. The smallest absolute Gasteiger partial charge is 0.0861 e. The van der Waals surface area contributed by atoms with Gasteiger partial charge in [0, 0.05) is 8.86 Å². The molecule has 0 amide bonds. The highest BCUT2D eigenvalue weighted by atomic mass is 127. The highest BCUT2D eigenvalue weighted by Crippen LogP contribution is 2.41. The maximum Gasteiger partial charge on any atom is 0.118 e. The Bertz CT molecular complexity index is 517. The van der Waals surface area contributed by atoms with Crippen molar-refractivity contribution in [2.75, 3.05) is 8.86 Å². The van der Waals surface area contributed by atoms with Crippen molar-refractivity contribution in [2.24, 2.45) is 11.8 Å². The molecule has 1 aliphatic rings. The van der Waals surface area contributed by atoms with Crippen LogP contribution in [0.4, 0.5) is 0 Å². The van der Waals surface area contributed by atoms with E-state index in [2.05, 4.69) is 106 Å². The molecule has 110 valence electrons. The molecule has 0 nitrogen and oxygen atoms in total. The third-order valence-corrected chi connectivity index (χ3v) is 12.5. The van der Waals surface area contributed by atoms with Crippen LogP contribution in [-0.2, 0) is 0 Å². The van der Waals surface area contributed by atoms with Crippen molar-refractivity contribution in [1.29, 1.82) is 0 Å². The molecular formula is C18H20I2Si. The third-order valence-electron chi connectivity index (χ3n) is 4.94. The van der Waals surface area contributed by atoms with Gasteiger partial charge in [-0.15, -0.1) is 0 Å². The van der Waals surface area contributed by atoms with E-state index in [1.807, 2.05) is 0 Å². The number of alkyl halides is 2. The predicted molar refractivity (Wildman–Crippen MR) is 112 cm³/mol. The average molecular weight is 518 g/mol. The van der Waals surface area contributed by atoms with Crippen LogP contribution in [0.25, 0.3) is 0 Å². The number of halogens is 2. The Morgan fingerprint density at radius 2 is 1.10 bits per heavy atom. The second-order valence-corrected chi connectivity index (χ2v) is 11.9. The fourth-order valence-electron chi connectivity index (χ4n) is 3.83. The molecular weight excluding hydrogens is 498 g/mol. The first-order chi connectivity index (χ1) is 10.3. The molecule has 0 aromatic heterocycles. The zero-order valence-electron chi connectivity index (χ0n) is 12.0. The molecule has 3 heteroatoms. The minimum absolute atomic E-state index is 0.898. The van der Waals surface area contributed by atoms with Crippen molar-refractivity contribution >= 4 is 63.6 Å². The van der Waals surface area contributed by atoms with Gasteiger partial charge in [-0.1, -0.05) is 116 Å². The lowest BCUT2D eigenvalue weighted by Crippen LogP contribution is -2.56. The topological polar surface area (TPSA) is 0 Å². The Morgan fingerprint density at radius 3 is 1.43 bits per heavy atom. The Kier molecular flexibility index (Phi) is 5.43. The van der Waals surface area contributed by atoms with E-state index < -0.39 is 8.07 Å². The second-order valence-electron chi connectivity index (χ2n) is 6.05. The summed E-state index contributed by atoms with van der Waals surface area (Å²) in [5.41, 5.74) is 0. The lowest BCUT2D eigenvalue weighted by atomic mass is 10.0. The average Bonchev–Trinajstić information content (AvgIpc) is 2.97. The molecule has 1 fully saturated rings. The zero-order chi connectivity index (χ0) is 14.7. The molecule has 1 saturated heterocycles. The lowest BCUT2D eigenvalue weighted by Gasteiger charge is -2.28. The molecule has 3 rings (SSSR count). The number of hydrogen-bond acceptors (Lipinski definition) is 0. The van der Waals surface area contributed by atoms with Crippen molar-refractivity contribution in [1.82, 2.24) is 0 Å². The molecule has 0 aliphatic carbocycles. The number of rotatable bonds is 4. The van der Waals surface area contributed by atoms with E-state index in [0.29, 0.717) is 0 Å². The number of benzene rings is 2. The molecule has 0 spiro atoms. The first kappa shape index (κ1) is 16.0. The monoisotopic (exact) mass is 518 g/mol. The van der Waals surface area contributed by atoms with Gasteiger partial charge in [0.05, 0.1) is 0 Å². The number of hydrogen-bond donors (Lipinski definition) is 0. The highest BCUT2D eigenvalue weighted by molar-refractivity contribution is 14.1. The predicted octanol–water partition coefficient (Wildman–Crippen LogP) is 4.37. The second kappa shape index (κ2) is 7.13. The lowest BCUT2D eigenvalue weighted by molar-refractivity contribution is 0.514. The summed E-state index contributed by atoms with van der Waals surface area (Å²) in [6.07, 6.45) is 0. The molecule has 1 aliphatic heterocycles. The van der Waals surface area contributed by atoms with Crippen LogP contribution < -0.4 is 10.4 Å². The third kappa shape index (κ3) is 3.10. The molecule has 1 heterocycles. The van der Waals surface area contributed by atoms with Crippen LogP contribution in [0.1, 0.15) is 0 Å². The normalized spacial score (nSPS) is 24.1. The van der Waals surface area contributed by atoms with Crippen LogP contribution in [-0.4, -0.2) is 16.9 Å². The summed E-state index contributed by atoms with van der Waals surface area (Å²) in [5, 5.41) is 3.27. The van der Waals surface area contributed by atoms with Crippen LogP contribution in [0.3, 0.4) is 0 Å². The van der Waals surface area contributed by atoms with Gasteiger partial charge in [0.25, 0.3) is 0 Å². The molecule has 0 N–H and O–H groups in total. The molecule has 0 radical (unpaired) electrons. The Balaban J connectivity index is 2.09. The van der Waals surface area contributed by atoms with Crippen molar-refractivity contribution < 1.29 is 0 Å². The van der Waals surface area contributed by atoms with E-state index in [0.717, 1.165) is 11.8 Å². The fourth-order valence-corrected chi connectivity index (χ4v) is 12.9. The minimum Gasteiger partial charge on any atom is -0.0861 e. The van der Waals surface area contributed by atoms with Crippen LogP contribution in [0.5, 0.6) is 0 Å². The molecule has 0 saturated carbocycles. The van der Waals surface area contributed by atoms with Crippen molar-refractivity contribution in [3.05, 3.63) is 60.7 Å². The molecule has 0 bridgehead atoms. The van der Waals surface area contributed by atoms with E-state index in [1.165, 1.54) is 20.9 Å². The fraction of sp³-hybridized carbons (Fsp3) is 0.333. The largest absolute Gasteiger partial charge is 0.118 e. The highest BCUT2D eigenvalue weighted by Gasteiger charge is 2.48. The van der Waals surface area contributed by atoms with E-state index >= 15 is 0 Å². The van der Waals surface area contributed by atoms with Crippen LogP contribution >= 0.6 is 45.2 Å². The maximum atomic E-state index is 2.60. The van der Waals surface area contributed by atoms with Gasteiger partial charge in [-0.2, -0.15) is 0 Å². The van der Waals surface area contributed by atoms with E-state index in [1.54, 1.807) is 10.4 Å². The molecule has 0 unspecified atom stereocenters. The van der Waals surface area contributed by atoms with E-state index in [9.17, 15) is 0 Å². The standard InChI is InChI=1S/C18H20I2Si/c19-11-15-13-21(14-16(15)12-20,17-7-3-1-4-8-17)18-9-5-2-6-10-18/h1-10,15-16H,11-14H2/t15-,16-/m0/s1. The quantitative estimate of drug-likeness (QED) is 0.321. The van der Waals surface area contributed by atoms with Crippen molar-refractivity contribution in [3.8, 4) is 0 Å². The van der Waals surface area contributed by atoms with E-state index in [4.69, 9.17) is 0 Å². The van der Waals surface area contributed by atoms with Crippen LogP contribution in [0.2, 0.25) is 12.1 Å². The Labute approximate surface area is 156 Å². The van der Waals surface area contributed by atoms with Gasteiger partial charge in [-0.3, -0.25) is 0 Å². The first-order valence-electron chi connectivity index (χ1n) is 7.53. The SMILES string of the molecule is IC[C@H]1C[Si](c2ccccc2)(c2ccccc2)C[C@@H]1CI. The summed E-state index contributed by atoms with van der Waals surface area (Å²) >= 11 is 5.20. The molecule has 2 atom stereocenters. The van der Waals surface area contributed by atoms with Gasteiger partial charge < -0.3 is 0 Å². The van der Waals surface area contributed by atoms with Gasteiger partial charge >= 0.3 is 0 Å². The van der Waals surface area contributed by atoms with Crippen molar-refractivity contribution in [2.45, 2.75) is 12.1 Å². The van der Waals surface area contributed by atoms with Crippen LogP contribution in [0.15, 0.2) is 60.7 Å². The summed E-state index contributed by atoms with van der Waals surface area (Å²) in [6.45, 7) is 0. The zero-order valence-corrected chi connectivity index (χ0v) is 17.3. The molecule has 2 aromatic rings. The summed E-state index contributed by atoms with van der Waals surface area (Å²) < 4.78 is 2.61. The van der Waals surface area contributed by atoms with Gasteiger partial charge in [-0.05, 0) is 23.9 Å². The Hall–Kier alpha value is 0.117. The summed E-state index contributed by atoms with van der Waals surface area (Å²) in [4.78, 5) is 0. The minimum atomic E-state index is -1.56. The van der Waals surface area contributed by atoms with Gasteiger partial charge in [0.1, 0.15) is 8.07 Å². The van der Waals surface area contributed by atoms with Crippen LogP contribution in [0, 0.1) is 11.8 Å². The van der Waals surface area contributed by atoms with Crippen molar-refractivity contribution in [3.63, 3.8) is 0 Å². The van der Waals surface area contributed by atoms with Gasteiger partial charge in [0.15, 0.2) is 0 Å². The van der Waals surface area contributed by atoms with E-state index in [-0.39, 0.29) is 0 Å². The molecule has 21 heavy (non-hydrogen) atoms. The summed E-state index contributed by atoms with van der Waals surface area (Å²) in [5.74, 6) is 1.80. The first-order valence-corrected chi connectivity index (χ1v) is 13.0. The van der Waals surface area contributed by atoms with Gasteiger partial charge in [-0.25, -0.2) is 0 Å². The van der Waals surface area contributed by atoms with Gasteiger partial charge in [0.2, 0.25) is 0 Å².